The summed E-state index contributed by atoms with van der Waals surface area (Å²) in [5, 5.41) is 6.86. The lowest BCUT2D eigenvalue weighted by Crippen LogP contribution is -2.36. The Morgan fingerprint density at radius 2 is 1.90 bits per heavy atom. The normalized spacial score (nSPS) is 17.0. The highest BCUT2D eigenvalue weighted by atomic mass is 79.9. The standard InChI is InChI=1S/C16H26Br2N2/c1-3-14-9-15(20(4-2)19-14)10-16(11-17,12-18)13-7-5-6-8-13/h9,13H,3-8,10-12H2,1-2H3. The van der Waals surface area contributed by atoms with E-state index in [4.69, 9.17) is 5.10 Å². The number of aromatic nitrogens is 2. The topological polar surface area (TPSA) is 17.8 Å². The summed E-state index contributed by atoms with van der Waals surface area (Å²) in [6, 6.07) is 2.32. The van der Waals surface area contributed by atoms with Crippen LogP contribution in [0.4, 0.5) is 0 Å². The van der Waals surface area contributed by atoms with Gasteiger partial charge in [-0.3, -0.25) is 4.68 Å². The van der Waals surface area contributed by atoms with Crippen LogP contribution in [0.5, 0.6) is 0 Å². The summed E-state index contributed by atoms with van der Waals surface area (Å²) >= 11 is 7.62. The lowest BCUT2D eigenvalue weighted by molar-refractivity contribution is 0.227. The first kappa shape index (κ1) is 16.5. The Labute approximate surface area is 140 Å². The van der Waals surface area contributed by atoms with E-state index in [9.17, 15) is 0 Å². The minimum atomic E-state index is 0.342. The van der Waals surface area contributed by atoms with Gasteiger partial charge in [0.05, 0.1) is 5.69 Å². The summed E-state index contributed by atoms with van der Waals surface area (Å²) in [7, 11) is 0. The van der Waals surface area contributed by atoms with E-state index in [0.29, 0.717) is 5.41 Å². The average molecular weight is 406 g/mol. The monoisotopic (exact) mass is 404 g/mol. The van der Waals surface area contributed by atoms with Gasteiger partial charge in [0.25, 0.3) is 0 Å². The van der Waals surface area contributed by atoms with Crippen LogP contribution in [0.25, 0.3) is 0 Å². The third-order valence-corrected chi connectivity index (χ3v) is 7.10. The molecule has 0 atom stereocenters. The zero-order chi connectivity index (χ0) is 14.6. The van der Waals surface area contributed by atoms with E-state index in [2.05, 4.69) is 56.5 Å². The SMILES string of the molecule is CCc1cc(CC(CBr)(CBr)C2CCCC2)n(CC)n1. The maximum absolute atomic E-state index is 4.71. The van der Waals surface area contributed by atoms with Crippen molar-refractivity contribution in [2.45, 2.75) is 58.9 Å². The average Bonchev–Trinajstić information content (AvgIpc) is 3.14. The third-order valence-electron chi connectivity index (χ3n) is 4.86. The molecular weight excluding hydrogens is 380 g/mol. The molecule has 0 radical (unpaired) electrons. The molecule has 0 aromatic carbocycles. The van der Waals surface area contributed by atoms with Gasteiger partial charge in [-0.15, -0.1) is 0 Å². The highest BCUT2D eigenvalue weighted by molar-refractivity contribution is 9.09. The van der Waals surface area contributed by atoms with E-state index in [1.807, 2.05) is 0 Å². The van der Waals surface area contributed by atoms with Gasteiger partial charge in [-0.1, -0.05) is 51.6 Å². The maximum atomic E-state index is 4.71. The fraction of sp³-hybridized carbons (Fsp3) is 0.812. The Kier molecular flexibility index (Phi) is 6.15. The van der Waals surface area contributed by atoms with Crippen LogP contribution in [-0.2, 0) is 19.4 Å². The molecule has 2 nitrogen and oxygen atoms in total. The van der Waals surface area contributed by atoms with Gasteiger partial charge >= 0.3 is 0 Å². The Hall–Kier alpha value is 0.170. The van der Waals surface area contributed by atoms with Gasteiger partial charge in [0, 0.05) is 22.9 Å². The molecule has 0 saturated heterocycles. The van der Waals surface area contributed by atoms with Crippen LogP contribution in [0.15, 0.2) is 6.07 Å². The van der Waals surface area contributed by atoms with Crippen molar-refractivity contribution in [1.82, 2.24) is 9.78 Å². The van der Waals surface area contributed by atoms with Crippen molar-refractivity contribution >= 4 is 31.9 Å². The van der Waals surface area contributed by atoms with Crippen LogP contribution in [-0.4, -0.2) is 20.4 Å². The number of hydrogen-bond donors (Lipinski definition) is 0. The molecule has 1 saturated carbocycles. The van der Waals surface area contributed by atoms with Gasteiger partial charge in [0.2, 0.25) is 0 Å². The summed E-state index contributed by atoms with van der Waals surface area (Å²) in [6.07, 6.45) is 7.74. The van der Waals surface area contributed by atoms with E-state index in [1.54, 1.807) is 0 Å². The Bertz CT molecular complexity index is 418. The molecule has 0 aliphatic heterocycles. The second-order valence-corrected chi connectivity index (χ2v) is 7.21. The predicted octanol–water partition coefficient (Wildman–Crippen LogP) is 4.97. The molecule has 0 spiro atoms. The van der Waals surface area contributed by atoms with Gasteiger partial charge in [0.1, 0.15) is 0 Å². The van der Waals surface area contributed by atoms with Crippen molar-refractivity contribution in [3.05, 3.63) is 17.5 Å². The van der Waals surface area contributed by atoms with Gasteiger partial charge < -0.3 is 0 Å². The van der Waals surface area contributed by atoms with Crippen molar-refractivity contribution < 1.29 is 0 Å². The van der Waals surface area contributed by atoms with Crippen LogP contribution in [0.1, 0.15) is 50.9 Å². The van der Waals surface area contributed by atoms with Crippen molar-refractivity contribution in [2.24, 2.45) is 11.3 Å². The molecule has 1 fully saturated rings. The van der Waals surface area contributed by atoms with Crippen LogP contribution < -0.4 is 0 Å². The number of rotatable bonds is 7. The van der Waals surface area contributed by atoms with E-state index < -0.39 is 0 Å². The Morgan fingerprint density at radius 3 is 2.40 bits per heavy atom. The number of alkyl halides is 2. The van der Waals surface area contributed by atoms with Crippen molar-refractivity contribution in [3.63, 3.8) is 0 Å². The summed E-state index contributed by atoms with van der Waals surface area (Å²) < 4.78 is 2.20. The first-order valence-corrected chi connectivity index (χ1v) is 10.1. The number of nitrogens with zero attached hydrogens (tertiary/aromatic N) is 2. The van der Waals surface area contributed by atoms with Crippen LogP contribution in [0, 0.1) is 11.3 Å². The summed E-state index contributed by atoms with van der Waals surface area (Å²) in [4.78, 5) is 0. The molecule has 4 heteroatoms. The zero-order valence-corrected chi connectivity index (χ0v) is 15.8. The van der Waals surface area contributed by atoms with Gasteiger partial charge in [-0.2, -0.15) is 5.10 Å². The van der Waals surface area contributed by atoms with E-state index in [1.165, 1.54) is 37.1 Å². The minimum absolute atomic E-state index is 0.342. The molecule has 20 heavy (non-hydrogen) atoms. The molecule has 114 valence electrons. The van der Waals surface area contributed by atoms with Crippen molar-refractivity contribution in [1.29, 1.82) is 0 Å². The molecule has 1 aromatic heterocycles. The lowest BCUT2D eigenvalue weighted by atomic mass is 9.74. The highest BCUT2D eigenvalue weighted by Gasteiger charge is 2.39. The van der Waals surface area contributed by atoms with E-state index in [0.717, 1.165) is 36.0 Å². The highest BCUT2D eigenvalue weighted by Crippen LogP contribution is 2.44. The number of hydrogen-bond acceptors (Lipinski definition) is 1. The number of halogens is 2. The van der Waals surface area contributed by atoms with Crippen LogP contribution in [0.2, 0.25) is 0 Å². The summed E-state index contributed by atoms with van der Waals surface area (Å²) in [5.41, 5.74) is 2.98. The van der Waals surface area contributed by atoms with E-state index >= 15 is 0 Å². The molecule has 0 unspecified atom stereocenters. The van der Waals surface area contributed by atoms with Gasteiger partial charge in [0.15, 0.2) is 0 Å². The van der Waals surface area contributed by atoms with Crippen LogP contribution >= 0.6 is 31.9 Å². The maximum Gasteiger partial charge on any atom is 0.0624 e. The zero-order valence-electron chi connectivity index (χ0n) is 12.7. The molecule has 1 aliphatic carbocycles. The summed E-state index contributed by atoms with van der Waals surface area (Å²) in [6.45, 7) is 5.35. The Morgan fingerprint density at radius 1 is 1.25 bits per heavy atom. The molecule has 1 aliphatic rings. The molecule has 1 aromatic rings. The molecule has 0 bridgehead atoms. The van der Waals surface area contributed by atoms with E-state index in [-0.39, 0.29) is 0 Å². The third kappa shape index (κ3) is 3.32. The first-order valence-electron chi connectivity index (χ1n) is 7.86. The fourth-order valence-electron chi connectivity index (χ4n) is 3.50. The quantitative estimate of drug-likeness (QED) is 0.585. The van der Waals surface area contributed by atoms with Crippen molar-refractivity contribution in [2.75, 3.05) is 10.7 Å². The summed E-state index contributed by atoms with van der Waals surface area (Å²) in [5.74, 6) is 0.839. The second-order valence-electron chi connectivity index (χ2n) is 6.08. The minimum Gasteiger partial charge on any atom is -0.270 e. The van der Waals surface area contributed by atoms with Crippen molar-refractivity contribution in [3.8, 4) is 0 Å². The lowest BCUT2D eigenvalue weighted by Gasteiger charge is -2.36. The van der Waals surface area contributed by atoms with Gasteiger partial charge in [-0.25, -0.2) is 0 Å². The van der Waals surface area contributed by atoms with Gasteiger partial charge in [-0.05, 0) is 50.0 Å². The Balaban J connectivity index is 2.25. The molecular formula is C16H26Br2N2. The molecule has 0 N–H and O–H groups in total. The fourth-order valence-corrected chi connectivity index (χ4v) is 5.74. The smallest absolute Gasteiger partial charge is 0.0624 e. The predicted molar refractivity (Wildman–Crippen MR) is 93.0 cm³/mol. The molecule has 1 heterocycles. The largest absolute Gasteiger partial charge is 0.270 e. The molecule has 2 rings (SSSR count). The second kappa shape index (κ2) is 7.44. The first-order chi connectivity index (χ1) is 9.69. The van der Waals surface area contributed by atoms with Crippen LogP contribution in [0.3, 0.4) is 0 Å². The number of aryl methyl sites for hydroxylation is 2. The molecule has 0 amide bonds.